The number of methoxy groups -OCH3 is 1. The van der Waals surface area contributed by atoms with Gasteiger partial charge in [0.05, 0.1) is 19.6 Å². The molecule has 0 aromatic rings. The Kier molecular flexibility index (Phi) is 4.73. The van der Waals surface area contributed by atoms with Gasteiger partial charge < -0.3 is 9.47 Å². The van der Waals surface area contributed by atoms with E-state index in [0.717, 1.165) is 13.0 Å². The lowest BCUT2D eigenvalue weighted by Crippen LogP contribution is -2.39. The van der Waals surface area contributed by atoms with E-state index in [9.17, 15) is 9.59 Å². The summed E-state index contributed by atoms with van der Waals surface area (Å²) < 4.78 is 9.63. The first-order valence-electron chi connectivity index (χ1n) is 5.58. The Labute approximate surface area is 95.7 Å². The van der Waals surface area contributed by atoms with Gasteiger partial charge in [0, 0.05) is 6.54 Å². The molecule has 0 amide bonds. The van der Waals surface area contributed by atoms with Crippen LogP contribution in [0.3, 0.4) is 0 Å². The molecule has 1 rings (SSSR count). The third-order valence-corrected chi connectivity index (χ3v) is 2.93. The van der Waals surface area contributed by atoms with E-state index in [2.05, 4.69) is 4.74 Å². The molecule has 0 saturated carbocycles. The first kappa shape index (κ1) is 13.0. The van der Waals surface area contributed by atoms with Gasteiger partial charge in [-0.05, 0) is 26.8 Å². The van der Waals surface area contributed by atoms with Gasteiger partial charge in [-0.2, -0.15) is 0 Å². The van der Waals surface area contributed by atoms with E-state index < -0.39 is 0 Å². The van der Waals surface area contributed by atoms with E-state index in [-0.39, 0.29) is 23.9 Å². The van der Waals surface area contributed by atoms with Gasteiger partial charge >= 0.3 is 11.9 Å². The van der Waals surface area contributed by atoms with Crippen molar-refractivity contribution in [2.75, 3.05) is 26.8 Å². The van der Waals surface area contributed by atoms with E-state index in [1.165, 1.54) is 7.11 Å². The summed E-state index contributed by atoms with van der Waals surface area (Å²) >= 11 is 0. The van der Waals surface area contributed by atoms with Gasteiger partial charge in [-0.1, -0.05) is 0 Å². The summed E-state index contributed by atoms with van der Waals surface area (Å²) in [6, 6.07) is -0.283. The average Bonchev–Trinajstić information content (AvgIpc) is 2.76. The summed E-state index contributed by atoms with van der Waals surface area (Å²) in [4.78, 5) is 24.8. The number of nitrogens with zero attached hydrogens (tertiary/aromatic N) is 1. The Balaban J connectivity index is 2.46. The molecule has 5 nitrogen and oxygen atoms in total. The number of likely N-dealkylation sites (tertiary alicyclic amines) is 1. The van der Waals surface area contributed by atoms with E-state index >= 15 is 0 Å². The standard InChI is InChI=1S/C11H19NO4/c1-4-16-10(13)8(2)12-6-5-9(7-12)11(14)15-3/h8-9H,4-7H2,1-3H3. The van der Waals surface area contributed by atoms with Gasteiger partial charge in [0.2, 0.25) is 0 Å². The Morgan fingerprint density at radius 3 is 2.75 bits per heavy atom. The van der Waals surface area contributed by atoms with Gasteiger partial charge in [-0.25, -0.2) is 0 Å². The minimum Gasteiger partial charge on any atom is -0.469 e. The fourth-order valence-corrected chi connectivity index (χ4v) is 1.91. The van der Waals surface area contributed by atoms with E-state index in [4.69, 9.17) is 4.74 Å². The lowest BCUT2D eigenvalue weighted by Gasteiger charge is -2.22. The van der Waals surface area contributed by atoms with Gasteiger partial charge in [0.1, 0.15) is 6.04 Å². The van der Waals surface area contributed by atoms with E-state index in [1.807, 2.05) is 4.90 Å². The number of carbonyl (C=O) groups excluding carboxylic acids is 2. The lowest BCUT2D eigenvalue weighted by atomic mass is 10.1. The van der Waals surface area contributed by atoms with Crippen LogP contribution in [0.15, 0.2) is 0 Å². The summed E-state index contributed by atoms with van der Waals surface area (Å²) in [5.74, 6) is -0.534. The van der Waals surface area contributed by atoms with Crippen molar-refractivity contribution in [2.45, 2.75) is 26.3 Å². The number of ether oxygens (including phenoxy) is 2. The minimum absolute atomic E-state index is 0.109. The molecule has 0 aromatic carbocycles. The monoisotopic (exact) mass is 229 g/mol. The smallest absolute Gasteiger partial charge is 0.323 e. The quantitative estimate of drug-likeness (QED) is 0.654. The van der Waals surface area contributed by atoms with Crippen LogP contribution in [0.5, 0.6) is 0 Å². The predicted molar refractivity (Wildman–Crippen MR) is 57.8 cm³/mol. The highest BCUT2D eigenvalue weighted by Gasteiger charge is 2.34. The van der Waals surface area contributed by atoms with E-state index in [1.54, 1.807) is 13.8 Å². The largest absolute Gasteiger partial charge is 0.469 e. The second-order valence-electron chi connectivity index (χ2n) is 3.93. The number of hydrogen-bond acceptors (Lipinski definition) is 5. The molecule has 1 aliphatic rings. The minimum atomic E-state index is -0.283. The molecule has 1 saturated heterocycles. The fourth-order valence-electron chi connectivity index (χ4n) is 1.91. The third-order valence-electron chi connectivity index (χ3n) is 2.93. The van der Waals surface area contributed by atoms with Crippen molar-refractivity contribution in [2.24, 2.45) is 5.92 Å². The van der Waals surface area contributed by atoms with Gasteiger partial charge in [-0.3, -0.25) is 14.5 Å². The molecular weight excluding hydrogens is 210 g/mol. The number of hydrogen-bond donors (Lipinski definition) is 0. The highest BCUT2D eigenvalue weighted by Crippen LogP contribution is 2.20. The highest BCUT2D eigenvalue weighted by molar-refractivity contribution is 5.76. The van der Waals surface area contributed by atoms with Gasteiger partial charge in [0.25, 0.3) is 0 Å². The maximum Gasteiger partial charge on any atom is 0.323 e. The molecular formula is C11H19NO4. The van der Waals surface area contributed by atoms with Crippen LogP contribution in [0.25, 0.3) is 0 Å². The number of rotatable bonds is 4. The Morgan fingerprint density at radius 2 is 2.19 bits per heavy atom. The molecule has 5 heteroatoms. The number of carbonyl (C=O) groups is 2. The summed E-state index contributed by atoms with van der Waals surface area (Å²) in [7, 11) is 1.39. The van der Waals surface area contributed by atoms with Gasteiger partial charge in [0.15, 0.2) is 0 Å². The molecule has 1 aliphatic heterocycles. The average molecular weight is 229 g/mol. The molecule has 0 spiro atoms. The zero-order valence-electron chi connectivity index (χ0n) is 10.1. The van der Waals surface area contributed by atoms with Crippen molar-refractivity contribution in [1.82, 2.24) is 4.90 Å². The van der Waals surface area contributed by atoms with Crippen LogP contribution in [0, 0.1) is 5.92 Å². The van der Waals surface area contributed by atoms with Crippen molar-refractivity contribution in [1.29, 1.82) is 0 Å². The molecule has 1 heterocycles. The molecule has 92 valence electrons. The molecule has 2 unspecified atom stereocenters. The van der Waals surface area contributed by atoms with Crippen molar-refractivity contribution in [3.8, 4) is 0 Å². The predicted octanol–water partition coefficient (Wildman–Crippen LogP) is 0.433. The van der Waals surface area contributed by atoms with Crippen molar-refractivity contribution < 1.29 is 19.1 Å². The molecule has 2 atom stereocenters. The maximum absolute atomic E-state index is 11.5. The Morgan fingerprint density at radius 1 is 1.50 bits per heavy atom. The second kappa shape index (κ2) is 5.84. The van der Waals surface area contributed by atoms with Crippen molar-refractivity contribution in [3.63, 3.8) is 0 Å². The van der Waals surface area contributed by atoms with E-state index in [0.29, 0.717) is 13.2 Å². The molecule has 0 N–H and O–H groups in total. The van der Waals surface area contributed by atoms with Crippen LogP contribution < -0.4 is 0 Å². The van der Waals surface area contributed by atoms with Crippen LogP contribution in [0.4, 0.5) is 0 Å². The molecule has 0 bridgehead atoms. The van der Waals surface area contributed by atoms with Crippen LogP contribution in [-0.4, -0.2) is 49.7 Å². The molecule has 16 heavy (non-hydrogen) atoms. The van der Waals surface area contributed by atoms with Crippen LogP contribution in [-0.2, 0) is 19.1 Å². The Hall–Kier alpha value is -1.10. The molecule has 0 aliphatic carbocycles. The highest BCUT2D eigenvalue weighted by atomic mass is 16.5. The summed E-state index contributed by atoms with van der Waals surface area (Å²) in [6.07, 6.45) is 0.746. The zero-order chi connectivity index (χ0) is 12.1. The third kappa shape index (κ3) is 2.95. The zero-order valence-corrected chi connectivity index (χ0v) is 10.1. The van der Waals surface area contributed by atoms with Crippen LogP contribution in [0.2, 0.25) is 0 Å². The summed E-state index contributed by atoms with van der Waals surface area (Å²) in [5, 5.41) is 0. The molecule has 1 fully saturated rings. The van der Waals surface area contributed by atoms with Crippen molar-refractivity contribution in [3.05, 3.63) is 0 Å². The first-order valence-corrected chi connectivity index (χ1v) is 5.58. The SMILES string of the molecule is CCOC(=O)C(C)N1CCC(C(=O)OC)C1. The van der Waals surface area contributed by atoms with Crippen molar-refractivity contribution >= 4 is 11.9 Å². The van der Waals surface area contributed by atoms with Crippen LogP contribution >= 0.6 is 0 Å². The first-order chi connectivity index (χ1) is 7.60. The second-order valence-corrected chi connectivity index (χ2v) is 3.93. The summed E-state index contributed by atoms with van der Waals surface area (Å²) in [5.41, 5.74) is 0. The Bertz CT molecular complexity index is 267. The summed E-state index contributed by atoms with van der Waals surface area (Å²) in [6.45, 7) is 5.29. The molecule has 0 aromatic heterocycles. The molecule has 0 radical (unpaired) electrons. The number of esters is 2. The van der Waals surface area contributed by atoms with Gasteiger partial charge in [-0.15, -0.1) is 0 Å². The maximum atomic E-state index is 11.5. The normalized spacial score (nSPS) is 22.8. The fraction of sp³-hybridized carbons (Fsp3) is 0.818. The van der Waals surface area contributed by atoms with Crippen LogP contribution in [0.1, 0.15) is 20.3 Å². The topological polar surface area (TPSA) is 55.8 Å². The lowest BCUT2D eigenvalue weighted by molar-refractivity contribution is -0.150.